The number of rotatable bonds is 5. The van der Waals surface area contributed by atoms with Gasteiger partial charge in [0.2, 0.25) is 5.95 Å². The largest absolute Gasteiger partial charge is 0.364 e. The number of nitrogens with one attached hydrogen (secondary N) is 2. The predicted octanol–water partition coefficient (Wildman–Crippen LogP) is 2.91. The molecule has 0 aliphatic carbocycles. The minimum Gasteiger partial charge on any atom is -0.364 e. The molecule has 8 heteroatoms. The van der Waals surface area contributed by atoms with Crippen LogP contribution in [0.25, 0.3) is 16.9 Å². The highest BCUT2D eigenvalue weighted by atomic mass is 15.4. The molecule has 2 saturated heterocycles. The molecule has 0 amide bonds. The van der Waals surface area contributed by atoms with E-state index < -0.39 is 0 Å². The third-order valence-electron chi connectivity index (χ3n) is 6.31. The highest BCUT2D eigenvalue weighted by Gasteiger charge is 2.39. The summed E-state index contributed by atoms with van der Waals surface area (Å²) in [6.07, 6.45) is 4.74. The molecule has 4 aromatic rings. The molecule has 3 aromatic heterocycles. The molecule has 31 heavy (non-hydrogen) atoms. The third kappa shape index (κ3) is 3.29. The topological polar surface area (TPSA) is 83.3 Å². The van der Waals surface area contributed by atoms with Crippen LogP contribution >= 0.6 is 0 Å². The van der Waals surface area contributed by atoms with Crippen molar-refractivity contribution >= 4 is 17.4 Å². The second-order valence-electron chi connectivity index (χ2n) is 8.35. The van der Waals surface area contributed by atoms with Crippen molar-refractivity contribution in [3.05, 3.63) is 66.6 Å². The Morgan fingerprint density at radius 2 is 2.06 bits per heavy atom. The summed E-state index contributed by atoms with van der Waals surface area (Å²) in [6, 6.07) is 17.6. The standard InChI is InChI=1S/C23H24N8/c1-15(16-5-3-2-4-6-16)27-21-9-17(7-8-24-21)20-11-22-29-26-14-31(22)23(28-20)30-13-18-10-19(30)12-25-18/h2-9,11,14-15,18-19,25H,10,12-13H2,1H3,(H,24,27)/t15-,18?,19?/m0/s1. The van der Waals surface area contributed by atoms with Gasteiger partial charge >= 0.3 is 0 Å². The van der Waals surface area contributed by atoms with Crippen LogP contribution in [0.2, 0.25) is 0 Å². The van der Waals surface area contributed by atoms with E-state index in [0.717, 1.165) is 48.2 Å². The highest BCUT2D eigenvalue weighted by Crippen LogP contribution is 2.31. The quantitative estimate of drug-likeness (QED) is 0.521. The van der Waals surface area contributed by atoms with E-state index in [-0.39, 0.29) is 6.04 Å². The SMILES string of the molecule is C[C@H](Nc1cc(-c2cc3nncn3c(N3CC4CC3CN4)n2)ccn1)c1ccccc1. The Labute approximate surface area is 180 Å². The number of pyridine rings is 1. The van der Waals surface area contributed by atoms with Crippen LogP contribution in [-0.4, -0.2) is 49.7 Å². The molecule has 0 saturated carbocycles. The summed E-state index contributed by atoms with van der Waals surface area (Å²) in [7, 11) is 0. The zero-order chi connectivity index (χ0) is 20.8. The lowest BCUT2D eigenvalue weighted by molar-refractivity contribution is 0.570. The molecule has 1 aromatic carbocycles. The molecule has 2 aliphatic rings. The maximum absolute atomic E-state index is 5.05. The summed E-state index contributed by atoms with van der Waals surface area (Å²) in [5.74, 6) is 1.73. The van der Waals surface area contributed by atoms with Crippen LogP contribution in [-0.2, 0) is 0 Å². The number of hydrogen-bond donors (Lipinski definition) is 2. The Kier molecular flexibility index (Phi) is 4.31. The van der Waals surface area contributed by atoms with E-state index >= 15 is 0 Å². The van der Waals surface area contributed by atoms with Crippen molar-refractivity contribution in [1.82, 2.24) is 29.9 Å². The zero-order valence-corrected chi connectivity index (χ0v) is 17.3. The smallest absolute Gasteiger partial charge is 0.213 e. The molecule has 2 N–H and O–H groups in total. The van der Waals surface area contributed by atoms with Gasteiger partial charge in [0, 0.05) is 49.0 Å². The molecule has 2 unspecified atom stereocenters. The average Bonchev–Trinajstić information content (AvgIpc) is 3.56. The number of aromatic nitrogens is 5. The van der Waals surface area contributed by atoms with Crippen LogP contribution in [0.3, 0.4) is 0 Å². The Hall–Kier alpha value is -3.52. The lowest BCUT2D eigenvalue weighted by Gasteiger charge is -2.29. The predicted molar refractivity (Wildman–Crippen MR) is 120 cm³/mol. The van der Waals surface area contributed by atoms with Crippen molar-refractivity contribution in [2.75, 3.05) is 23.3 Å². The van der Waals surface area contributed by atoms with E-state index in [9.17, 15) is 0 Å². The van der Waals surface area contributed by atoms with Crippen LogP contribution in [0, 0.1) is 0 Å². The molecule has 0 spiro atoms. The fourth-order valence-electron chi connectivity index (χ4n) is 4.68. The first-order valence-corrected chi connectivity index (χ1v) is 10.7. The van der Waals surface area contributed by atoms with Crippen LogP contribution in [0.1, 0.15) is 24.9 Å². The van der Waals surface area contributed by atoms with Gasteiger partial charge in [-0.05, 0) is 31.0 Å². The molecule has 3 atom stereocenters. The Balaban J connectivity index is 1.34. The first-order chi connectivity index (χ1) is 15.2. The molecular formula is C23H24N8. The first-order valence-electron chi connectivity index (χ1n) is 10.7. The fourth-order valence-corrected chi connectivity index (χ4v) is 4.68. The average molecular weight is 413 g/mol. The summed E-state index contributed by atoms with van der Waals surface area (Å²) in [4.78, 5) is 12.0. The second kappa shape index (κ2) is 7.31. The molecular weight excluding hydrogens is 388 g/mol. The first kappa shape index (κ1) is 18.3. The van der Waals surface area contributed by atoms with Crippen LogP contribution in [0.5, 0.6) is 0 Å². The molecule has 0 radical (unpaired) electrons. The lowest BCUT2D eigenvalue weighted by atomic mass is 10.1. The van der Waals surface area contributed by atoms with E-state index in [1.165, 1.54) is 5.56 Å². The molecule has 2 bridgehead atoms. The van der Waals surface area contributed by atoms with E-state index in [0.29, 0.717) is 12.1 Å². The van der Waals surface area contributed by atoms with Gasteiger partial charge in [-0.1, -0.05) is 30.3 Å². The summed E-state index contributed by atoms with van der Waals surface area (Å²) >= 11 is 0. The van der Waals surface area contributed by atoms with Gasteiger partial charge < -0.3 is 15.5 Å². The van der Waals surface area contributed by atoms with Crippen molar-refractivity contribution < 1.29 is 0 Å². The van der Waals surface area contributed by atoms with Crippen molar-refractivity contribution in [2.45, 2.75) is 31.5 Å². The van der Waals surface area contributed by atoms with Gasteiger partial charge in [0.1, 0.15) is 12.1 Å². The summed E-state index contributed by atoms with van der Waals surface area (Å²) in [5.41, 5.74) is 3.91. The van der Waals surface area contributed by atoms with Gasteiger partial charge in [-0.25, -0.2) is 9.97 Å². The minimum absolute atomic E-state index is 0.152. The molecule has 2 fully saturated rings. The van der Waals surface area contributed by atoms with Crippen molar-refractivity contribution in [2.24, 2.45) is 0 Å². The van der Waals surface area contributed by atoms with Crippen LogP contribution < -0.4 is 15.5 Å². The number of benzene rings is 1. The van der Waals surface area contributed by atoms with E-state index in [2.05, 4.69) is 68.0 Å². The van der Waals surface area contributed by atoms with Crippen molar-refractivity contribution in [3.8, 4) is 11.3 Å². The van der Waals surface area contributed by atoms with E-state index in [1.54, 1.807) is 6.33 Å². The molecule has 2 aliphatic heterocycles. The molecule has 6 rings (SSSR count). The minimum atomic E-state index is 0.152. The Morgan fingerprint density at radius 1 is 1.16 bits per heavy atom. The van der Waals surface area contributed by atoms with Gasteiger partial charge in [-0.15, -0.1) is 10.2 Å². The number of anilines is 2. The van der Waals surface area contributed by atoms with Gasteiger partial charge in [0.25, 0.3) is 0 Å². The Bertz CT molecular complexity index is 1220. The summed E-state index contributed by atoms with van der Waals surface area (Å²) in [6.45, 7) is 4.10. The summed E-state index contributed by atoms with van der Waals surface area (Å²) in [5, 5.41) is 15.5. The molecule has 5 heterocycles. The van der Waals surface area contributed by atoms with Gasteiger partial charge in [0.05, 0.1) is 5.69 Å². The number of piperazine rings is 1. The van der Waals surface area contributed by atoms with Crippen LogP contribution in [0.4, 0.5) is 11.8 Å². The lowest BCUT2D eigenvalue weighted by Crippen LogP contribution is -2.44. The normalized spacial score (nSPS) is 21.0. The maximum atomic E-state index is 5.05. The summed E-state index contributed by atoms with van der Waals surface area (Å²) < 4.78 is 1.99. The van der Waals surface area contributed by atoms with Gasteiger partial charge in [-0.2, -0.15) is 0 Å². The zero-order valence-electron chi connectivity index (χ0n) is 17.3. The molecule has 156 valence electrons. The number of nitrogens with zero attached hydrogens (tertiary/aromatic N) is 6. The third-order valence-corrected chi connectivity index (χ3v) is 6.31. The fraction of sp³-hybridized carbons (Fsp3) is 0.304. The van der Waals surface area contributed by atoms with Gasteiger partial charge in [0.15, 0.2) is 5.65 Å². The second-order valence-corrected chi connectivity index (χ2v) is 8.35. The number of fused-ring (bicyclic) bond motifs is 3. The van der Waals surface area contributed by atoms with Crippen molar-refractivity contribution in [3.63, 3.8) is 0 Å². The Morgan fingerprint density at radius 3 is 2.87 bits per heavy atom. The monoisotopic (exact) mass is 412 g/mol. The van der Waals surface area contributed by atoms with Crippen molar-refractivity contribution in [1.29, 1.82) is 0 Å². The number of hydrogen-bond acceptors (Lipinski definition) is 7. The highest BCUT2D eigenvalue weighted by molar-refractivity contribution is 5.68. The molecule has 8 nitrogen and oxygen atoms in total. The van der Waals surface area contributed by atoms with Crippen LogP contribution in [0.15, 0.2) is 61.1 Å². The van der Waals surface area contributed by atoms with E-state index in [1.807, 2.05) is 28.8 Å². The van der Waals surface area contributed by atoms with Gasteiger partial charge in [-0.3, -0.25) is 4.40 Å². The van der Waals surface area contributed by atoms with E-state index in [4.69, 9.17) is 4.98 Å². The maximum Gasteiger partial charge on any atom is 0.213 e.